The van der Waals surface area contributed by atoms with Crippen molar-refractivity contribution in [2.45, 2.75) is 19.9 Å². The third kappa shape index (κ3) is 2.03. The summed E-state index contributed by atoms with van der Waals surface area (Å²) in [5, 5.41) is 0. The lowest BCUT2D eigenvalue weighted by Gasteiger charge is -2.22. The minimum Gasteiger partial charge on any atom is -0.491 e. The topological polar surface area (TPSA) is 46.6 Å². The van der Waals surface area contributed by atoms with Gasteiger partial charge in [-0.25, -0.2) is 0 Å². The van der Waals surface area contributed by atoms with E-state index in [9.17, 15) is 9.59 Å². The maximum atomic E-state index is 11.5. The van der Waals surface area contributed by atoms with Crippen molar-refractivity contribution in [1.29, 1.82) is 0 Å². The number of hydrogen-bond donors (Lipinski definition) is 0. The molecule has 1 aliphatic rings. The lowest BCUT2D eigenvalue weighted by molar-refractivity contribution is 0.331. The molecule has 0 saturated carbocycles. The largest absolute Gasteiger partial charge is 0.491 e. The average molecular weight is 257 g/mol. The first-order chi connectivity index (χ1) is 9.19. The van der Waals surface area contributed by atoms with Crippen molar-refractivity contribution in [3.05, 3.63) is 55.8 Å². The molecule has 4 heteroatoms. The van der Waals surface area contributed by atoms with Crippen LogP contribution in [0, 0.1) is 0 Å². The molecule has 2 aromatic rings. The molecule has 0 unspecified atom stereocenters. The summed E-state index contributed by atoms with van der Waals surface area (Å²) in [7, 11) is 0. The first-order valence-electron chi connectivity index (χ1n) is 6.49. The van der Waals surface area contributed by atoms with Crippen LogP contribution in [0.3, 0.4) is 0 Å². The third-order valence-electron chi connectivity index (χ3n) is 3.58. The Morgan fingerprint density at radius 1 is 1.26 bits per heavy atom. The van der Waals surface area contributed by atoms with Gasteiger partial charge in [0.1, 0.15) is 12.4 Å². The molecule has 0 spiro atoms. The second-order valence-electron chi connectivity index (χ2n) is 4.79. The highest BCUT2D eigenvalue weighted by Gasteiger charge is 2.21. The van der Waals surface area contributed by atoms with Gasteiger partial charge in [0.15, 0.2) is 0 Å². The number of fused-ring (bicyclic) bond motifs is 1. The van der Waals surface area contributed by atoms with Crippen LogP contribution >= 0.6 is 0 Å². The van der Waals surface area contributed by atoms with E-state index in [-0.39, 0.29) is 5.43 Å². The predicted molar refractivity (Wildman–Crippen MR) is 73.7 cm³/mol. The van der Waals surface area contributed by atoms with Gasteiger partial charge < -0.3 is 9.64 Å². The normalized spacial score (nSPS) is 14.9. The van der Waals surface area contributed by atoms with E-state index in [1.165, 1.54) is 11.6 Å². The number of hydrogen-bond acceptors (Lipinski definition) is 4. The van der Waals surface area contributed by atoms with E-state index in [1.54, 1.807) is 0 Å². The molecule has 0 bridgehead atoms. The molecule has 19 heavy (non-hydrogen) atoms. The Morgan fingerprint density at radius 3 is 2.79 bits per heavy atom. The summed E-state index contributed by atoms with van der Waals surface area (Å²) in [6.07, 6.45) is 0.966. The van der Waals surface area contributed by atoms with Gasteiger partial charge in [-0.15, -0.1) is 0 Å². The minimum atomic E-state index is -0.400. The van der Waals surface area contributed by atoms with E-state index in [4.69, 9.17) is 4.74 Å². The van der Waals surface area contributed by atoms with E-state index in [0.29, 0.717) is 25.4 Å². The van der Waals surface area contributed by atoms with E-state index >= 15 is 0 Å². The van der Waals surface area contributed by atoms with Crippen molar-refractivity contribution >= 4 is 5.69 Å². The molecule has 0 amide bonds. The van der Waals surface area contributed by atoms with Crippen molar-refractivity contribution < 1.29 is 4.74 Å². The number of ether oxygens (including phenoxy) is 1. The fourth-order valence-corrected chi connectivity index (χ4v) is 2.41. The average Bonchev–Trinajstić information content (AvgIpc) is 2.64. The van der Waals surface area contributed by atoms with Gasteiger partial charge in [-0.3, -0.25) is 9.59 Å². The molecule has 1 heterocycles. The van der Waals surface area contributed by atoms with Crippen LogP contribution < -0.4 is 20.5 Å². The lowest BCUT2D eigenvalue weighted by Crippen LogP contribution is -2.39. The number of nitrogens with zero attached hydrogens (tertiary/aromatic N) is 1. The number of benzene rings is 1. The van der Waals surface area contributed by atoms with Gasteiger partial charge >= 0.3 is 0 Å². The molecule has 4 nitrogen and oxygen atoms in total. The van der Waals surface area contributed by atoms with Crippen LogP contribution in [0.1, 0.15) is 18.1 Å². The first kappa shape index (κ1) is 12.0. The Labute approximate surface area is 110 Å². The summed E-state index contributed by atoms with van der Waals surface area (Å²) in [6.45, 7) is 3.88. The van der Waals surface area contributed by atoms with Crippen LogP contribution in [0.15, 0.2) is 33.9 Å². The molecular formula is C15H15NO3. The van der Waals surface area contributed by atoms with E-state index in [0.717, 1.165) is 17.7 Å². The molecule has 1 aliphatic heterocycles. The van der Waals surface area contributed by atoms with Crippen LogP contribution in [-0.4, -0.2) is 13.2 Å². The molecule has 0 atom stereocenters. The van der Waals surface area contributed by atoms with Gasteiger partial charge in [-0.1, -0.05) is 19.1 Å². The lowest BCUT2D eigenvalue weighted by atomic mass is 10.1. The van der Waals surface area contributed by atoms with Crippen molar-refractivity contribution in [1.82, 2.24) is 0 Å². The van der Waals surface area contributed by atoms with Crippen molar-refractivity contribution in [2.24, 2.45) is 0 Å². The quantitative estimate of drug-likeness (QED) is 0.759. The van der Waals surface area contributed by atoms with Crippen molar-refractivity contribution in [2.75, 3.05) is 18.1 Å². The number of anilines is 1. The molecule has 0 saturated heterocycles. The maximum absolute atomic E-state index is 11.5. The van der Waals surface area contributed by atoms with Crippen LogP contribution in [-0.2, 0) is 13.0 Å². The maximum Gasteiger partial charge on any atom is 0.249 e. The number of aryl methyl sites for hydroxylation is 1. The van der Waals surface area contributed by atoms with Gasteiger partial charge in [0.25, 0.3) is 0 Å². The van der Waals surface area contributed by atoms with Crippen LogP contribution in [0.25, 0.3) is 0 Å². The molecule has 0 aliphatic carbocycles. The Kier molecular flexibility index (Phi) is 2.85. The van der Waals surface area contributed by atoms with Gasteiger partial charge in [-0.05, 0) is 18.1 Å². The summed E-state index contributed by atoms with van der Waals surface area (Å²) >= 11 is 0. The van der Waals surface area contributed by atoms with Crippen molar-refractivity contribution in [3.8, 4) is 5.75 Å². The Balaban J connectivity index is 1.94. The monoisotopic (exact) mass is 257 g/mol. The summed E-state index contributed by atoms with van der Waals surface area (Å²) in [5.74, 6) is 0.874. The minimum absolute atomic E-state index is 0.380. The van der Waals surface area contributed by atoms with E-state index < -0.39 is 5.43 Å². The Bertz CT molecular complexity index is 683. The first-order valence-corrected chi connectivity index (χ1v) is 6.49. The van der Waals surface area contributed by atoms with E-state index in [2.05, 4.69) is 19.1 Å². The molecule has 0 aromatic heterocycles. The van der Waals surface area contributed by atoms with Crippen LogP contribution in [0.4, 0.5) is 5.69 Å². The standard InChI is InChI=1S/C15H15NO3/c1-2-10-3-4-14-11(7-10)9-16(5-6-19-14)12-8-13(17)15(12)18/h3-4,7-8H,2,5-6,9H2,1H3. The van der Waals surface area contributed by atoms with E-state index in [1.807, 2.05) is 11.0 Å². The second kappa shape index (κ2) is 4.53. The molecule has 0 N–H and O–H groups in total. The zero-order valence-corrected chi connectivity index (χ0v) is 10.8. The molecule has 3 rings (SSSR count). The number of rotatable bonds is 2. The molecule has 98 valence electrons. The Morgan fingerprint density at radius 2 is 2.11 bits per heavy atom. The zero-order valence-electron chi connectivity index (χ0n) is 10.8. The highest BCUT2D eigenvalue weighted by Crippen LogP contribution is 2.26. The smallest absolute Gasteiger partial charge is 0.249 e. The highest BCUT2D eigenvalue weighted by molar-refractivity contribution is 5.52. The summed E-state index contributed by atoms with van der Waals surface area (Å²) in [5.41, 5.74) is 2.06. The summed E-state index contributed by atoms with van der Waals surface area (Å²) < 4.78 is 5.69. The fourth-order valence-electron chi connectivity index (χ4n) is 2.41. The third-order valence-corrected chi connectivity index (χ3v) is 3.58. The van der Waals surface area contributed by atoms with Gasteiger partial charge in [0, 0.05) is 18.2 Å². The van der Waals surface area contributed by atoms with Gasteiger partial charge in [0.2, 0.25) is 10.9 Å². The van der Waals surface area contributed by atoms with Gasteiger partial charge in [-0.2, -0.15) is 0 Å². The SMILES string of the molecule is CCc1ccc2c(c1)CN(c1cc(=O)c1=O)CCO2. The zero-order chi connectivity index (χ0) is 13.4. The second-order valence-corrected chi connectivity index (χ2v) is 4.79. The summed E-state index contributed by atoms with van der Waals surface area (Å²) in [6, 6.07) is 7.57. The fraction of sp³-hybridized carbons (Fsp3) is 0.333. The van der Waals surface area contributed by atoms with Gasteiger partial charge in [0.05, 0.1) is 12.2 Å². The highest BCUT2D eigenvalue weighted by atomic mass is 16.5. The molecule has 0 fully saturated rings. The van der Waals surface area contributed by atoms with Crippen LogP contribution in [0.5, 0.6) is 5.75 Å². The predicted octanol–water partition coefficient (Wildman–Crippen LogP) is 1.24. The van der Waals surface area contributed by atoms with Crippen molar-refractivity contribution in [3.63, 3.8) is 0 Å². The molecule has 2 aromatic carbocycles. The summed E-state index contributed by atoms with van der Waals surface area (Å²) in [4.78, 5) is 24.5. The molecule has 0 radical (unpaired) electrons. The molecular weight excluding hydrogens is 242 g/mol. The Hall–Kier alpha value is -2.10. The van der Waals surface area contributed by atoms with Crippen LogP contribution in [0.2, 0.25) is 0 Å².